The van der Waals surface area contributed by atoms with Gasteiger partial charge in [0.05, 0.1) is 5.52 Å². The molecule has 0 unspecified atom stereocenters. The minimum absolute atomic E-state index is 0.189. The maximum Gasteiger partial charge on any atom is 0.324 e. The maximum atomic E-state index is 12.1. The molecule has 1 aliphatic heterocycles. The van der Waals surface area contributed by atoms with Gasteiger partial charge in [-0.1, -0.05) is 23.3 Å². The van der Waals surface area contributed by atoms with Crippen LogP contribution >= 0.6 is 0 Å². The van der Waals surface area contributed by atoms with E-state index in [1.165, 1.54) is 5.56 Å². The van der Waals surface area contributed by atoms with E-state index in [-0.39, 0.29) is 12.0 Å². The highest BCUT2D eigenvalue weighted by Gasteiger charge is 2.21. The quantitative estimate of drug-likeness (QED) is 0.741. The van der Waals surface area contributed by atoms with E-state index in [1.54, 1.807) is 4.90 Å². The SMILES string of the molecule is O=C(Nc1nnn[nH]1)N1CCN(Cc2cnc3ccccc3c2)CC1. The topological polar surface area (TPSA) is 103 Å². The number of nitrogens with zero attached hydrogens (tertiary/aromatic N) is 6. The number of anilines is 1. The Kier molecular flexibility index (Phi) is 4.21. The first-order valence-electron chi connectivity index (χ1n) is 8.13. The number of hydrogen-bond acceptors (Lipinski definition) is 6. The van der Waals surface area contributed by atoms with Crippen LogP contribution in [-0.2, 0) is 6.54 Å². The minimum Gasteiger partial charge on any atom is -0.322 e. The molecular formula is C16H18N8O. The number of fused-ring (bicyclic) bond motifs is 1. The van der Waals surface area contributed by atoms with Gasteiger partial charge in [-0.05, 0) is 28.1 Å². The summed E-state index contributed by atoms with van der Waals surface area (Å²) in [4.78, 5) is 20.7. The molecule has 128 valence electrons. The van der Waals surface area contributed by atoms with Gasteiger partial charge in [-0.3, -0.25) is 15.2 Å². The fraction of sp³-hybridized carbons (Fsp3) is 0.312. The smallest absolute Gasteiger partial charge is 0.322 e. The second kappa shape index (κ2) is 6.81. The van der Waals surface area contributed by atoms with E-state index in [1.807, 2.05) is 24.4 Å². The number of H-pyrrole nitrogens is 1. The molecule has 4 rings (SSSR count). The summed E-state index contributed by atoms with van der Waals surface area (Å²) < 4.78 is 0. The minimum atomic E-state index is -0.189. The first kappa shape index (κ1) is 15.5. The number of nitrogens with one attached hydrogen (secondary N) is 2. The monoisotopic (exact) mass is 338 g/mol. The number of amides is 2. The first-order valence-corrected chi connectivity index (χ1v) is 8.13. The normalized spacial score (nSPS) is 15.4. The standard InChI is InChI=1S/C16H18N8O/c25-16(18-15-19-21-22-20-15)24-7-5-23(6-8-24)11-12-9-13-3-1-2-4-14(13)17-10-12/h1-4,9-10H,5-8,11H2,(H2,18,19,20,21,22,25). The predicted molar refractivity (Wildman–Crippen MR) is 91.8 cm³/mol. The van der Waals surface area contributed by atoms with Gasteiger partial charge in [0.25, 0.3) is 0 Å². The molecule has 0 saturated carbocycles. The molecule has 1 saturated heterocycles. The van der Waals surface area contributed by atoms with Crippen LogP contribution in [0.3, 0.4) is 0 Å². The first-order chi connectivity index (χ1) is 12.3. The summed E-state index contributed by atoms with van der Waals surface area (Å²) in [5.41, 5.74) is 2.19. The fourth-order valence-corrected chi connectivity index (χ4v) is 2.96. The summed E-state index contributed by atoms with van der Waals surface area (Å²) in [5, 5.41) is 16.8. The summed E-state index contributed by atoms with van der Waals surface area (Å²) in [7, 11) is 0. The zero-order valence-corrected chi connectivity index (χ0v) is 13.6. The second-order valence-corrected chi connectivity index (χ2v) is 5.98. The van der Waals surface area contributed by atoms with E-state index in [2.05, 4.69) is 48.0 Å². The molecule has 0 atom stereocenters. The van der Waals surface area contributed by atoms with Gasteiger partial charge >= 0.3 is 6.03 Å². The average molecular weight is 338 g/mol. The Bertz CT molecular complexity index is 857. The van der Waals surface area contributed by atoms with Crippen molar-refractivity contribution < 1.29 is 4.79 Å². The highest BCUT2D eigenvalue weighted by atomic mass is 16.2. The van der Waals surface area contributed by atoms with E-state index >= 15 is 0 Å². The molecule has 1 aliphatic rings. The third-order valence-electron chi connectivity index (χ3n) is 4.28. The van der Waals surface area contributed by atoms with Crippen LogP contribution in [-0.4, -0.2) is 67.6 Å². The predicted octanol–water partition coefficient (Wildman–Crippen LogP) is 1.10. The third kappa shape index (κ3) is 3.56. The lowest BCUT2D eigenvalue weighted by Gasteiger charge is -2.34. The van der Waals surface area contributed by atoms with Crippen LogP contribution in [0.4, 0.5) is 10.7 Å². The summed E-state index contributed by atoms with van der Waals surface area (Å²) in [6.07, 6.45) is 1.93. The summed E-state index contributed by atoms with van der Waals surface area (Å²) >= 11 is 0. The highest BCUT2D eigenvalue weighted by Crippen LogP contribution is 2.15. The van der Waals surface area contributed by atoms with E-state index in [0.717, 1.165) is 30.5 Å². The van der Waals surface area contributed by atoms with Gasteiger partial charge in [-0.15, -0.1) is 0 Å². The number of rotatable bonds is 3. The Morgan fingerprint density at radius 2 is 2.04 bits per heavy atom. The van der Waals surface area contributed by atoms with Crippen LogP contribution in [0.5, 0.6) is 0 Å². The summed E-state index contributed by atoms with van der Waals surface area (Å²) in [5.74, 6) is 0.259. The van der Waals surface area contributed by atoms with Crippen LogP contribution in [0.15, 0.2) is 36.5 Å². The van der Waals surface area contributed by atoms with Gasteiger partial charge in [0.2, 0.25) is 5.95 Å². The Labute approximate surface area is 144 Å². The molecule has 3 heterocycles. The molecule has 3 aromatic rings. The summed E-state index contributed by atoms with van der Waals surface area (Å²) in [6, 6.07) is 10.1. The van der Waals surface area contributed by atoms with Crippen molar-refractivity contribution in [2.24, 2.45) is 0 Å². The molecule has 0 radical (unpaired) electrons. The molecule has 25 heavy (non-hydrogen) atoms. The van der Waals surface area contributed by atoms with Crippen molar-refractivity contribution in [3.8, 4) is 0 Å². The lowest BCUT2D eigenvalue weighted by Crippen LogP contribution is -2.49. The van der Waals surface area contributed by atoms with E-state index in [4.69, 9.17) is 0 Å². The van der Waals surface area contributed by atoms with Gasteiger partial charge in [0.1, 0.15) is 0 Å². The summed E-state index contributed by atoms with van der Waals surface area (Å²) in [6.45, 7) is 3.78. The number of benzene rings is 1. The number of urea groups is 1. The van der Waals surface area contributed by atoms with Crippen LogP contribution in [0, 0.1) is 0 Å². The highest BCUT2D eigenvalue weighted by molar-refractivity contribution is 5.87. The zero-order valence-electron chi connectivity index (χ0n) is 13.6. The van der Waals surface area contributed by atoms with Gasteiger partial charge < -0.3 is 4.90 Å². The Balaban J connectivity index is 1.32. The van der Waals surface area contributed by atoms with E-state index in [9.17, 15) is 4.79 Å². The van der Waals surface area contributed by atoms with Crippen molar-refractivity contribution >= 4 is 22.9 Å². The number of aromatic nitrogens is 5. The number of piperazine rings is 1. The number of tetrazole rings is 1. The number of para-hydroxylation sites is 1. The van der Waals surface area contributed by atoms with Crippen LogP contribution < -0.4 is 5.32 Å². The Hall–Kier alpha value is -3.07. The Morgan fingerprint density at radius 1 is 1.20 bits per heavy atom. The maximum absolute atomic E-state index is 12.1. The van der Waals surface area contributed by atoms with Crippen molar-refractivity contribution in [2.75, 3.05) is 31.5 Å². The number of pyridine rings is 1. The molecule has 2 aromatic heterocycles. The molecule has 9 nitrogen and oxygen atoms in total. The fourth-order valence-electron chi connectivity index (χ4n) is 2.96. The molecule has 1 aromatic carbocycles. The number of carbonyl (C=O) groups excluding carboxylic acids is 1. The molecule has 2 N–H and O–H groups in total. The van der Waals surface area contributed by atoms with Gasteiger partial charge in [0, 0.05) is 44.3 Å². The van der Waals surface area contributed by atoms with Crippen molar-refractivity contribution in [1.29, 1.82) is 0 Å². The van der Waals surface area contributed by atoms with Crippen LogP contribution in [0.2, 0.25) is 0 Å². The average Bonchev–Trinajstić information content (AvgIpc) is 3.15. The molecule has 0 spiro atoms. The van der Waals surface area contributed by atoms with Gasteiger partial charge in [-0.2, -0.15) is 0 Å². The molecule has 2 amide bonds. The van der Waals surface area contributed by atoms with E-state index < -0.39 is 0 Å². The van der Waals surface area contributed by atoms with Crippen molar-refractivity contribution in [1.82, 2.24) is 35.4 Å². The largest absolute Gasteiger partial charge is 0.324 e. The van der Waals surface area contributed by atoms with Crippen molar-refractivity contribution in [3.05, 3.63) is 42.1 Å². The molecular weight excluding hydrogens is 320 g/mol. The number of hydrogen-bond donors (Lipinski definition) is 2. The van der Waals surface area contributed by atoms with Crippen molar-refractivity contribution in [3.63, 3.8) is 0 Å². The zero-order chi connectivity index (χ0) is 17.1. The van der Waals surface area contributed by atoms with Crippen LogP contribution in [0.25, 0.3) is 10.9 Å². The van der Waals surface area contributed by atoms with Gasteiger partial charge in [0.15, 0.2) is 0 Å². The number of carbonyl (C=O) groups is 1. The third-order valence-corrected chi connectivity index (χ3v) is 4.28. The van der Waals surface area contributed by atoms with Crippen LogP contribution in [0.1, 0.15) is 5.56 Å². The van der Waals surface area contributed by atoms with Crippen molar-refractivity contribution in [2.45, 2.75) is 6.54 Å². The van der Waals surface area contributed by atoms with Gasteiger partial charge in [-0.25, -0.2) is 9.89 Å². The Morgan fingerprint density at radius 3 is 2.84 bits per heavy atom. The molecule has 0 bridgehead atoms. The lowest BCUT2D eigenvalue weighted by molar-refractivity contribution is 0.143. The molecule has 0 aliphatic carbocycles. The molecule has 1 fully saturated rings. The second-order valence-electron chi connectivity index (χ2n) is 5.98. The number of aromatic amines is 1. The molecule has 9 heteroatoms. The lowest BCUT2D eigenvalue weighted by atomic mass is 10.1. The van der Waals surface area contributed by atoms with E-state index in [0.29, 0.717) is 13.1 Å².